The van der Waals surface area contributed by atoms with E-state index >= 15 is 0 Å². The van der Waals surface area contributed by atoms with Crippen LogP contribution in [0.25, 0.3) is 0 Å². The largest absolute Gasteiger partial charge is 0.396 e. The number of carbonyl (C=O) groups is 1. The van der Waals surface area contributed by atoms with Crippen LogP contribution in [-0.4, -0.2) is 24.2 Å². The van der Waals surface area contributed by atoms with E-state index in [1.54, 1.807) is 0 Å². The van der Waals surface area contributed by atoms with Gasteiger partial charge in [-0.15, -0.1) is 0 Å². The third-order valence-corrected chi connectivity index (χ3v) is 3.31. The summed E-state index contributed by atoms with van der Waals surface area (Å²) in [4.78, 5) is 11.9. The summed E-state index contributed by atoms with van der Waals surface area (Å²) >= 11 is 5.73. The molecular formula is C14H18ClF2NO2. The molecule has 3 nitrogen and oxygen atoms in total. The molecule has 1 aromatic carbocycles. The summed E-state index contributed by atoms with van der Waals surface area (Å²) < 4.78 is 26.0. The smallest absolute Gasteiger partial charge is 0.252 e. The van der Waals surface area contributed by atoms with Gasteiger partial charge in [0.2, 0.25) is 0 Å². The Kier molecular flexibility index (Phi) is 5.89. The lowest BCUT2D eigenvalue weighted by molar-refractivity contribution is 0.0932. The molecule has 6 heteroatoms. The highest BCUT2D eigenvalue weighted by Crippen LogP contribution is 2.23. The molecule has 1 aromatic rings. The number of hydrogen-bond donors (Lipinski definition) is 2. The molecule has 112 valence electrons. The molecule has 0 unspecified atom stereocenters. The average Bonchev–Trinajstić information content (AvgIpc) is 2.38. The van der Waals surface area contributed by atoms with Crippen LogP contribution in [0.15, 0.2) is 12.1 Å². The first-order chi connectivity index (χ1) is 9.26. The van der Waals surface area contributed by atoms with Gasteiger partial charge in [0.1, 0.15) is 0 Å². The lowest BCUT2D eigenvalue weighted by atomic mass is 9.88. The zero-order valence-corrected chi connectivity index (χ0v) is 12.2. The molecule has 1 rings (SSSR count). The van der Waals surface area contributed by atoms with Crippen molar-refractivity contribution in [3.63, 3.8) is 0 Å². The number of rotatable bonds is 6. The second kappa shape index (κ2) is 6.99. The van der Waals surface area contributed by atoms with E-state index in [9.17, 15) is 13.6 Å². The van der Waals surface area contributed by atoms with Crippen LogP contribution in [0.1, 0.15) is 37.0 Å². The zero-order valence-electron chi connectivity index (χ0n) is 11.5. The van der Waals surface area contributed by atoms with Crippen molar-refractivity contribution in [1.82, 2.24) is 5.32 Å². The molecule has 0 heterocycles. The molecule has 0 aromatic heterocycles. The molecule has 2 N–H and O–H groups in total. The van der Waals surface area contributed by atoms with Crippen molar-refractivity contribution in [3.8, 4) is 0 Å². The third kappa shape index (κ3) is 4.72. The van der Waals surface area contributed by atoms with E-state index in [1.165, 1.54) is 0 Å². The number of halogens is 3. The minimum absolute atomic E-state index is 0.0897. The van der Waals surface area contributed by atoms with Crippen molar-refractivity contribution in [2.75, 3.05) is 13.2 Å². The molecule has 0 radical (unpaired) electrons. The molecule has 0 saturated heterocycles. The van der Waals surface area contributed by atoms with E-state index in [1.807, 2.05) is 13.8 Å². The Balaban J connectivity index is 2.70. The third-order valence-electron chi connectivity index (χ3n) is 2.99. The second-order valence-corrected chi connectivity index (χ2v) is 5.83. The van der Waals surface area contributed by atoms with Crippen LogP contribution in [0.3, 0.4) is 0 Å². The van der Waals surface area contributed by atoms with Crippen molar-refractivity contribution in [2.24, 2.45) is 5.41 Å². The number of nitrogens with one attached hydrogen (secondary N) is 1. The van der Waals surface area contributed by atoms with E-state index < -0.39 is 17.5 Å². The Morgan fingerprint density at radius 3 is 2.55 bits per heavy atom. The highest BCUT2D eigenvalue weighted by Gasteiger charge is 2.20. The lowest BCUT2D eigenvalue weighted by Crippen LogP contribution is -2.34. The van der Waals surface area contributed by atoms with Gasteiger partial charge in [-0.2, -0.15) is 0 Å². The average molecular weight is 306 g/mol. The molecule has 0 aliphatic rings. The van der Waals surface area contributed by atoms with E-state index in [-0.39, 0.29) is 22.6 Å². The first kappa shape index (κ1) is 16.9. The second-order valence-electron chi connectivity index (χ2n) is 5.42. The van der Waals surface area contributed by atoms with Gasteiger partial charge in [0.25, 0.3) is 5.91 Å². The fourth-order valence-electron chi connectivity index (χ4n) is 1.76. The maximum absolute atomic E-state index is 13.1. The molecule has 0 atom stereocenters. The van der Waals surface area contributed by atoms with Gasteiger partial charge < -0.3 is 10.4 Å². The van der Waals surface area contributed by atoms with Crippen molar-refractivity contribution in [1.29, 1.82) is 0 Å². The maximum Gasteiger partial charge on any atom is 0.252 e. The highest BCUT2D eigenvalue weighted by molar-refractivity contribution is 6.33. The normalized spacial score (nSPS) is 11.5. The van der Waals surface area contributed by atoms with Gasteiger partial charge in [0.15, 0.2) is 11.6 Å². The van der Waals surface area contributed by atoms with Crippen LogP contribution in [0, 0.1) is 17.0 Å². The van der Waals surface area contributed by atoms with Crippen LogP contribution in [-0.2, 0) is 0 Å². The molecule has 0 saturated carbocycles. The Morgan fingerprint density at radius 2 is 1.95 bits per heavy atom. The van der Waals surface area contributed by atoms with Crippen LogP contribution in [0.4, 0.5) is 8.78 Å². The molecule has 0 aliphatic heterocycles. The first-order valence-corrected chi connectivity index (χ1v) is 6.68. The van der Waals surface area contributed by atoms with Crippen LogP contribution in [0.5, 0.6) is 0 Å². The van der Waals surface area contributed by atoms with Gasteiger partial charge in [-0.1, -0.05) is 25.4 Å². The fraction of sp³-hybridized carbons (Fsp3) is 0.500. The minimum Gasteiger partial charge on any atom is -0.396 e. The van der Waals surface area contributed by atoms with Crippen molar-refractivity contribution >= 4 is 17.5 Å². The van der Waals surface area contributed by atoms with Crippen LogP contribution < -0.4 is 5.32 Å². The standard InChI is InChI=1S/C14H18ClF2NO2/c1-14(2,4-3-5-19)8-18-13(20)9-6-11(16)12(17)7-10(9)15/h6-7,19H,3-5,8H2,1-2H3,(H,18,20). The number of aliphatic hydroxyl groups is 1. The highest BCUT2D eigenvalue weighted by atomic mass is 35.5. The Hall–Kier alpha value is -1.20. The summed E-state index contributed by atoms with van der Waals surface area (Å²) in [7, 11) is 0. The summed E-state index contributed by atoms with van der Waals surface area (Å²) in [5.41, 5.74) is -0.299. The predicted octanol–water partition coefficient (Wildman–Crippen LogP) is 3.15. The van der Waals surface area contributed by atoms with Crippen molar-refractivity contribution in [3.05, 3.63) is 34.4 Å². The molecule has 0 spiro atoms. The Labute approximate surface area is 121 Å². The molecular weight excluding hydrogens is 288 g/mol. The number of amides is 1. The van der Waals surface area contributed by atoms with Crippen molar-refractivity contribution in [2.45, 2.75) is 26.7 Å². The summed E-state index contributed by atoms with van der Waals surface area (Å²) in [5, 5.41) is 11.3. The summed E-state index contributed by atoms with van der Waals surface area (Å²) in [5.74, 6) is -2.75. The van der Waals surface area contributed by atoms with Gasteiger partial charge >= 0.3 is 0 Å². The van der Waals surface area contributed by atoms with Crippen molar-refractivity contribution < 1.29 is 18.7 Å². The number of carbonyl (C=O) groups excluding carboxylic acids is 1. The number of benzene rings is 1. The monoisotopic (exact) mass is 305 g/mol. The SMILES string of the molecule is CC(C)(CCCO)CNC(=O)c1cc(F)c(F)cc1Cl. The molecule has 0 fully saturated rings. The van der Waals surface area contributed by atoms with E-state index in [0.717, 1.165) is 18.6 Å². The van der Waals surface area contributed by atoms with E-state index in [0.29, 0.717) is 13.0 Å². The summed E-state index contributed by atoms with van der Waals surface area (Å²) in [6, 6.07) is 1.57. The quantitative estimate of drug-likeness (QED) is 0.793. The number of aliphatic hydroxyl groups excluding tert-OH is 1. The topological polar surface area (TPSA) is 49.3 Å². The Bertz CT molecular complexity index is 492. The number of hydrogen-bond acceptors (Lipinski definition) is 2. The lowest BCUT2D eigenvalue weighted by Gasteiger charge is -2.24. The van der Waals surface area contributed by atoms with Crippen LogP contribution in [0.2, 0.25) is 5.02 Å². The van der Waals surface area contributed by atoms with Gasteiger partial charge in [0.05, 0.1) is 10.6 Å². The fourth-order valence-corrected chi connectivity index (χ4v) is 1.99. The van der Waals surface area contributed by atoms with Gasteiger partial charge in [-0.05, 0) is 30.4 Å². The predicted molar refractivity (Wildman–Crippen MR) is 73.8 cm³/mol. The summed E-state index contributed by atoms with van der Waals surface area (Å²) in [6.07, 6.45) is 1.37. The summed E-state index contributed by atoms with van der Waals surface area (Å²) in [6.45, 7) is 4.32. The van der Waals surface area contributed by atoms with E-state index in [4.69, 9.17) is 16.7 Å². The Morgan fingerprint density at radius 1 is 1.35 bits per heavy atom. The van der Waals surface area contributed by atoms with Gasteiger partial charge in [-0.3, -0.25) is 4.79 Å². The van der Waals surface area contributed by atoms with Crippen LogP contribution >= 0.6 is 11.6 Å². The molecule has 0 bridgehead atoms. The van der Waals surface area contributed by atoms with E-state index in [2.05, 4.69) is 5.32 Å². The minimum atomic E-state index is -1.11. The molecule has 1 amide bonds. The van der Waals surface area contributed by atoms with Gasteiger partial charge in [0, 0.05) is 13.2 Å². The first-order valence-electron chi connectivity index (χ1n) is 6.30. The maximum atomic E-state index is 13.1. The zero-order chi connectivity index (χ0) is 15.3. The molecule has 0 aliphatic carbocycles. The van der Waals surface area contributed by atoms with Gasteiger partial charge in [-0.25, -0.2) is 8.78 Å². The molecule has 20 heavy (non-hydrogen) atoms.